The molecule has 8 nitrogen and oxygen atoms in total. The maximum atomic E-state index is 13.1. The lowest BCUT2D eigenvalue weighted by Gasteiger charge is -2.33. The zero-order valence-electron chi connectivity index (χ0n) is 22.5. The lowest BCUT2D eigenvalue weighted by atomic mass is 10.0. The summed E-state index contributed by atoms with van der Waals surface area (Å²) in [5.41, 5.74) is 2.51. The van der Waals surface area contributed by atoms with Crippen molar-refractivity contribution >= 4 is 17.3 Å². The van der Waals surface area contributed by atoms with Crippen LogP contribution in [0.2, 0.25) is 0 Å². The molecule has 11 heteroatoms. The van der Waals surface area contributed by atoms with Crippen molar-refractivity contribution in [1.29, 1.82) is 0 Å². The van der Waals surface area contributed by atoms with Crippen molar-refractivity contribution in [3.63, 3.8) is 0 Å². The number of rotatable bonds is 6. The molecule has 3 aromatic rings. The zero-order valence-corrected chi connectivity index (χ0v) is 22.5. The molecule has 0 saturated carbocycles. The summed E-state index contributed by atoms with van der Waals surface area (Å²) >= 11 is 0. The van der Waals surface area contributed by atoms with Gasteiger partial charge in [-0.2, -0.15) is 13.2 Å². The van der Waals surface area contributed by atoms with Crippen LogP contribution in [0.3, 0.4) is 0 Å². The molecule has 4 heterocycles. The number of carbonyl (C=O) groups excluding carboxylic acids is 1. The largest absolute Gasteiger partial charge is 0.473 e. The average molecular weight is 556 g/mol. The number of aromatic nitrogens is 2. The van der Waals surface area contributed by atoms with Crippen LogP contribution in [-0.4, -0.2) is 73.3 Å². The van der Waals surface area contributed by atoms with Crippen molar-refractivity contribution in [2.45, 2.75) is 32.0 Å². The summed E-state index contributed by atoms with van der Waals surface area (Å²) in [5.74, 6) is -0.0727. The molecule has 2 fully saturated rings. The van der Waals surface area contributed by atoms with E-state index in [1.54, 1.807) is 12.3 Å². The quantitative estimate of drug-likeness (QED) is 0.457. The Morgan fingerprint density at radius 3 is 2.52 bits per heavy atom. The van der Waals surface area contributed by atoms with Crippen molar-refractivity contribution in [3.8, 4) is 17.0 Å². The van der Waals surface area contributed by atoms with Gasteiger partial charge in [0.25, 0.3) is 5.91 Å². The van der Waals surface area contributed by atoms with Gasteiger partial charge in [-0.1, -0.05) is 6.07 Å². The molecule has 1 aromatic carbocycles. The van der Waals surface area contributed by atoms with E-state index in [0.717, 1.165) is 60.6 Å². The summed E-state index contributed by atoms with van der Waals surface area (Å²) in [6.45, 7) is 6.42. The lowest BCUT2D eigenvalue weighted by Crippen LogP contribution is -2.38. The third-order valence-corrected chi connectivity index (χ3v) is 7.24. The topological polar surface area (TPSA) is 79.8 Å². The Morgan fingerprint density at radius 2 is 1.80 bits per heavy atom. The minimum atomic E-state index is -4.54. The molecule has 2 aliphatic heterocycles. The molecule has 1 N–H and O–H groups in total. The maximum Gasteiger partial charge on any atom is 0.416 e. The molecule has 1 amide bonds. The van der Waals surface area contributed by atoms with Gasteiger partial charge in [-0.15, -0.1) is 0 Å². The molecular formula is C29H32F3N5O3. The summed E-state index contributed by atoms with van der Waals surface area (Å²) < 4.78 is 51.3. The molecule has 212 valence electrons. The van der Waals surface area contributed by atoms with Crippen LogP contribution in [0, 0.1) is 6.92 Å². The Kier molecular flexibility index (Phi) is 8.22. The Balaban J connectivity index is 1.41. The zero-order chi connectivity index (χ0) is 28.3. The van der Waals surface area contributed by atoms with Gasteiger partial charge in [0.2, 0.25) is 5.88 Å². The summed E-state index contributed by atoms with van der Waals surface area (Å²) in [6.07, 6.45) is 0.628. The fourth-order valence-corrected chi connectivity index (χ4v) is 4.90. The summed E-state index contributed by atoms with van der Waals surface area (Å²) in [4.78, 5) is 26.4. The number of hydrogen-bond donors (Lipinski definition) is 1. The molecular weight excluding hydrogens is 523 g/mol. The minimum Gasteiger partial charge on any atom is -0.473 e. The van der Waals surface area contributed by atoms with Crippen LogP contribution in [0.25, 0.3) is 11.1 Å². The van der Waals surface area contributed by atoms with Crippen molar-refractivity contribution in [3.05, 3.63) is 65.6 Å². The van der Waals surface area contributed by atoms with E-state index >= 15 is 0 Å². The highest BCUT2D eigenvalue weighted by Crippen LogP contribution is 2.35. The van der Waals surface area contributed by atoms with Crippen molar-refractivity contribution in [1.82, 2.24) is 14.9 Å². The Hall–Kier alpha value is -3.70. The van der Waals surface area contributed by atoms with Gasteiger partial charge in [-0.25, -0.2) is 4.98 Å². The standard InChI is InChI=1S/C29H32F3N5O3/c1-19-25(16-23(18-33-19)35-27(38)20-4-3-5-22(14-20)29(30,31)32)21-15-26(37-10-12-39-13-11-37)28(34-17-21)40-24-6-8-36(2)9-7-24/h3-5,14-18,24H,6-13H2,1-2H3,(H,35,38). The molecule has 2 saturated heterocycles. The molecule has 0 aliphatic carbocycles. The number of aryl methyl sites for hydroxylation is 1. The summed E-state index contributed by atoms with van der Waals surface area (Å²) in [7, 11) is 2.11. The van der Waals surface area contributed by atoms with Gasteiger partial charge < -0.3 is 24.6 Å². The predicted molar refractivity (Wildman–Crippen MR) is 146 cm³/mol. The fraction of sp³-hybridized carbons (Fsp3) is 0.414. The first-order valence-corrected chi connectivity index (χ1v) is 13.3. The number of nitrogens with one attached hydrogen (secondary N) is 1. The van der Waals surface area contributed by atoms with Crippen molar-refractivity contribution < 1.29 is 27.4 Å². The predicted octanol–water partition coefficient (Wildman–Crippen LogP) is 5.03. The van der Waals surface area contributed by atoms with Crippen LogP contribution in [0.1, 0.15) is 34.5 Å². The maximum absolute atomic E-state index is 13.1. The smallest absolute Gasteiger partial charge is 0.416 e. The van der Waals surface area contributed by atoms with Gasteiger partial charge in [0.15, 0.2) is 0 Å². The molecule has 40 heavy (non-hydrogen) atoms. The average Bonchev–Trinajstić information content (AvgIpc) is 2.95. The number of amides is 1. The first-order chi connectivity index (χ1) is 19.2. The highest BCUT2D eigenvalue weighted by Gasteiger charge is 2.31. The minimum absolute atomic E-state index is 0.0899. The lowest BCUT2D eigenvalue weighted by molar-refractivity contribution is -0.137. The first kappa shape index (κ1) is 27.9. The van der Waals surface area contributed by atoms with Gasteiger partial charge in [0.1, 0.15) is 11.8 Å². The normalized spacial score (nSPS) is 17.1. The van der Waals surface area contributed by atoms with Crippen LogP contribution in [-0.2, 0) is 10.9 Å². The van der Waals surface area contributed by atoms with E-state index in [4.69, 9.17) is 14.5 Å². The number of ether oxygens (including phenoxy) is 2. The Labute approximate surface area is 231 Å². The van der Waals surface area contributed by atoms with E-state index in [1.807, 2.05) is 13.0 Å². The van der Waals surface area contributed by atoms with E-state index in [1.165, 1.54) is 18.3 Å². The molecule has 0 spiro atoms. The SMILES string of the molecule is Cc1ncc(NC(=O)c2cccc(C(F)(F)F)c2)cc1-c1cnc(OC2CCN(C)CC2)c(N2CCOCC2)c1. The number of hydrogen-bond acceptors (Lipinski definition) is 7. The van der Waals surface area contributed by atoms with Gasteiger partial charge in [-0.3, -0.25) is 9.78 Å². The molecule has 2 aromatic heterocycles. The van der Waals surface area contributed by atoms with E-state index < -0.39 is 17.6 Å². The van der Waals surface area contributed by atoms with Gasteiger partial charge >= 0.3 is 6.18 Å². The molecule has 0 unspecified atom stereocenters. The second-order valence-electron chi connectivity index (χ2n) is 10.2. The van der Waals surface area contributed by atoms with Crippen molar-refractivity contribution in [2.24, 2.45) is 0 Å². The summed E-state index contributed by atoms with van der Waals surface area (Å²) in [5, 5.41) is 2.68. The number of likely N-dealkylation sites (tertiary alicyclic amines) is 1. The number of nitrogens with zero attached hydrogens (tertiary/aromatic N) is 4. The van der Waals surface area contributed by atoms with Crippen LogP contribution in [0.4, 0.5) is 24.5 Å². The number of halogens is 3. The highest BCUT2D eigenvalue weighted by atomic mass is 19.4. The van der Waals surface area contributed by atoms with Crippen LogP contribution in [0.15, 0.2) is 48.8 Å². The second-order valence-corrected chi connectivity index (χ2v) is 10.2. The molecule has 5 rings (SSSR count). The second kappa shape index (κ2) is 11.8. The molecule has 2 aliphatic rings. The number of piperidine rings is 1. The van der Waals surface area contributed by atoms with Gasteiger partial charge in [-0.05, 0) is 57.1 Å². The Bertz CT molecular complexity index is 1350. The highest BCUT2D eigenvalue weighted by molar-refractivity contribution is 6.04. The number of carbonyl (C=O) groups is 1. The third-order valence-electron chi connectivity index (χ3n) is 7.24. The fourth-order valence-electron chi connectivity index (χ4n) is 4.90. The molecule has 0 radical (unpaired) electrons. The van der Waals surface area contributed by atoms with Gasteiger partial charge in [0, 0.05) is 54.8 Å². The van der Waals surface area contributed by atoms with Crippen LogP contribution < -0.4 is 15.0 Å². The van der Waals surface area contributed by atoms with E-state index in [2.05, 4.69) is 27.1 Å². The number of anilines is 2. The van der Waals surface area contributed by atoms with Crippen molar-refractivity contribution in [2.75, 3.05) is 56.7 Å². The number of pyridine rings is 2. The number of benzene rings is 1. The summed E-state index contributed by atoms with van der Waals surface area (Å²) in [6, 6.07) is 8.09. The van der Waals surface area contributed by atoms with Crippen LogP contribution >= 0.6 is 0 Å². The van der Waals surface area contributed by atoms with E-state index in [9.17, 15) is 18.0 Å². The first-order valence-electron chi connectivity index (χ1n) is 13.3. The van der Waals surface area contributed by atoms with E-state index in [0.29, 0.717) is 37.9 Å². The van der Waals surface area contributed by atoms with E-state index in [-0.39, 0.29) is 11.7 Å². The Morgan fingerprint density at radius 1 is 1.05 bits per heavy atom. The van der Waals surface area contributed by atoms with Crippen LogP contribution in [0.5, 0.6) is 5.88 Å². The monoisotopic (exact) mass is 555 g/mol. The number of morpholine rings is 1. The molecule has 0 bridgehead atoms. The number of alkyl halides is 3. The third kappa shape index (κ3) is 6.53. The van der Waals surface area contributed by atoms with Gasteiger partial charge in [0.05, 0.1) is 30.7 Å². The molecule has 0 atom stereocenters.